The number of hydrogen-bond donors (Lipinski definition) is 3. The fourth-order valence-electron chi connectivity index (χ4n) is 2.89. The molecule has 1 aliphatic rings. The number of nitrogens with one attached hydrogen (secondary N) is 3. The summed E-state index contributed by atoms with van der Waals surface area (Å²) < 4.78 is 24.4. The molecule has 3 rings (SSSR count). The second-order valence-electron chi connectivity index (χ2n) is 6.47. The number of thiocarbonyl (C=S) groups is 1. The van der Waals surface area contributed by atoms with Crippen molar-refractivity contribution in [2.24, 2.45) is 0 Å². The van der Waals surface area contributed by atoms with E-state index < -0.39 is 5.91 Å². The van der Waals surface area contributed by atoms with E-state index in [4.69, 9.17) is 21.7 Å². The first-order chi connectivity index (χ1) is 13.9. The van der Waals surface area contributed by atoms with Crippen LogP contribution in [0.25, 0.3) is 6.08 Å². The minimum Gasteiger partial charge on any atom is -0.493 e. The lowest BCUT2D eigenvalue weighted by Crippen LogP contribution is -2.43. The highest BCUT2D eigenvalue weighted by Gasteiger charge is 2.21. The van der Waals surface area contributed by atoms with E-state index in [0.717, 1.165) is 23.3 Å². The lowest BCUT2D eigenvalue weighted by atomic mass is 10.1. The van der Waals surface area contributed by atoms with E-state index in [1.807, 2.05) is 26.0 Å². The maximum atomic E-state index is 12.9. The molecule has 0 fully saturated rings. The zero-order valence-electron chi connectivity index (χ0n) is 16.1. The van der Waals surface area contributed by atoms with Crippen LogP contribution in [0.15, 0.2) is 42.5 Å². The van der Waals surface area contributed by atoms with Crippen LogP contribution in [-0.2, 0) is 11.2 Å². The maximum absolute atomic E-state index is 12.9. The lowest BCUT2D eigenvalue weighted by molar-refractivity contribution is -0.116. The topological polar surface area (TPSA) is 71.6 Å². The van der Waals surface area contributed by atoms with Crippen molar-refractivity contribution in [2.75, 3.05) is 11.9 Å². The highest BCUT2D eigenvalue weighted by molar-refractivity contribution is 7.80. The van der Waals surface area contributed by atoms with Crippen LogP contribution in [0.3, 0.4) is 0 Å². The summed E-state index contributed by atoms with van der Waals surface area (Å²) in [5, 5.41) is 3.01. The quantitative estimate of drug-likeness (QED) is 0.394. The molecule has 0 saturated heterocycles. The number of fused-ring (bicyclic) bond motifs is 1. The summed E-state index contributed by atoms with van der Waals surface area (Å²) in [5.74, 6) is 0.773. The standard InChI is InChI=1S/C21H22FN3O3S/c1-3-27-18-12-15-10-13(2)28-19(15)11-14(18)4-9-20(26)24-25-21(29)23-17-7-5-16(22)6-8-17/h4-9,11-13H,3,10H2,1-2H3,(H,24,26)(H2,23,25,29)/b9-4+/t13-/m0/s1. The van der Waals surface area contributed by atoms with Crippen LogP contribution in [0.1, 0.15) is 25.0 Å². The Morgan fingerprint density at radius 2 is 2.07 bits per heavy atom. The molecule has 0 spiro atoms. The van der Waals surface area contributed by atoms with Gasteiger partial charge in [-0.1, -0.05) is 0 Å². The fraction of sp³-hybridized carbons (Fsp3) is 0.238. The Balaban J connectivity index is 1.58. The normalized spacial score (nSPS) is 14.8. The minimum atomic E-state index is -0.398. The third kappa shape index (κ3) is 5.68. The number of halogens is 1. The number of ether oxygens (including phenoxy) is 2. The van der Waals surface area contributed by atoms with E-state index >= 15 is 0 Å². The SMILES string of the molecule is CCOc1cc2c(cc1/C=C/C(=O)NNC(=S)Nc1ccc(F)cc1)O[C@@H](C)C2. The molecule has 2 aromatic rings. The van der Waals surface area contributed by atoms with E-state index in [0.29, 0.717) is 18.0 Å². The number of carbonyl (C=O) groups excluding carboxylic acids is 1. The summed E-state index contributed by atoms with van der Waals surface area (Å²) >= 11 is 5.09. The zero-order valence-corrected chi connectivity index (χ0v) is 16.9. The van der Waals surface area contributed by atoms with Crippen molar-refractivity contribution >= 4 is 35.0 Å². The van der Waals surface area contributed by atoms with E-state index in [2.05, 4.69) is 16.2 Å². The molecule has 0 unspecified atom stereocenters. The number of hydrogen-bond acceptors (Lipinski definition) is 4. The molecule has 1 amide bonds. The first kappa shape index (κ1) is 20.6. The first-order valence-electron chi connectivity index (χ1n) is 9.21. The van der Waals surface area contributed by atoms with Crippen LogP contribution in [0, 0.1) is 5.82 Å². The van der Waals surface area contributed by atoms with Crippen molar-refractivity contribution < 1.29 is 18.7 Å². The number of benzene rings is 2. The van der Waals surface area contributed by atoms with Gasteiger partial charge in [0.2, 0.25) is 0 Å². The number of carbonyl (C=O) groups is 1. The Kier molecular flexibility index (Phi) is 6.66. The van der Waals surface area contributed by atoms with Gasteiger partial charge in [0, 0.05) is 29.3 Å². The second kappa shape index (κ2) is 9.38. The van der Waals surface area contributed by atoms with Gasteiger partial charge in [0.15, 0.2) is 5.11 Å². The molecule has 0 saturated carbocycles. The van der Waals surface area contributed by atoms with Crippen molar-refractivity contribution in [2.45, 2.75) is 26.4 Å². The number of anilines is 1. The third-order valence-corrected chi connectivity index (χ3v) is 4.35. The molecule has 0 radical (unpaired) electrons. The van der Waals surface area contributed by atoms with Gasteiger partial charge < -0.3 is 14.8 Å². The molecular weight excluding hydrogens is 393 g/mol. The molecule has 152 valence electrons. The zero-order chi connectivity index (χ0) is 20.8. The van der Waals surface area contributed by atoms with Crippen LogP contribution in [0.5, 0.6) is 11.5 Å². The largest absolute Gasteiger partial charge is 0.493 e. The van der Waals surface area contributed by atoms with Gasteiger partial charge in [-0.15, -0.1) is 0 Å². The van der Waals surface area contributed by atoms with Crippen molar-refractivity contribution in [3.8, 4) is 11.5 Å². The number of amides is 1. The van der Waals surface area contributed by atoms with Crippen molar-refractivity contribution in [3.05, 3.63) is 59.4 Å². The van der Waals surface area contributed by atoms with Gasteiger partial charge in [0.05, 0.1) is 6.61 Å². The molecule has 0 aliphatic carbocycles. The predicted octanol–water partition coefficient (Wildman–Crippen LogP) is 3.58. The van der Waals surface area contributed by atoms with Crippen LogP contribution in [0.4, 0.5) is 10.1 Å². The van der Waals surface area contributed by atoms with E-state index in [1.165, 1.54) is 30.3 Å². The molecular formula is C21H22FN3O3S. The molecule has 2 aromatic carbocycles. The van der Waals surface area contributed by atoms with E-state index in [1.54, 1.807) is 6.08 Å². The van der Waals surface area contributed by atoms with Crippen molar-refractivity contribution in [1.29, 1.82) is 0 Å². The molecule has 1 aliphatic heterocycles. The first-order valence-corrected chi connectivity index (χ1v) is 9.62. The van der Waals surface area contributed by atoms with Gasteiger partial charge in [0.25, 0.3) is 5.91 Å². The fourth-order valence-corrected chi connectivity index (χ4v) is 3.06. The summed E-state index contributed by atoms with van der Waals surface area (Å²) in [6.45, 7) is 4.44. The summed E-state index contributed by atoms with van der Waals surface area (Å²) in [6.07, 6.45) is 3.99. The molecule has 1 heterocycles. The maximum Gasteiger partial charge on any atom is 0.262 e. The highest BCUT2D eigenvalue weighted by atomic mass is 32.1. The van der Waals surface area contributed by atoms with Crippen LogP contribution in [-0.4, -0.2) is 23.7 Å². The molecule has 0 aromatic heterocycles. The molecule has 0 bridgehead atoms. The molecule has 29 heavy (non-hydrogen) atoms. The Hall–Kier alpha value is -3.13. The predicted molar refractivity (Wildman–Crippen MR) is 114 cm³/mol. The molecule has 6 nitrogen and oxygen atoms in total. The van der Waals surface area contributed by atoms with Gasteiger partial charge in [-0.05, 0) is 68.5 Å². The Labute approximate surface area is 174 Å². The minimum absolute atomic E-state index is 0.126. The van der Waals surface area contributed by atoms with Gasteiger partial charge in [-0.25, -0.2) is 4.39 Å². The van der Waals surface area contributed by atoms with Crippen molar-refractivity contribution in [1.82, 2.24) is 10.9 Å². The summed E-state index contributed by atoms with van der Waals surface area (Å²) in [7, 11) is 0. The second-order valence-corrected chi connectivity index (χ2v) is 6.88. The summed E-state index contributed by atoms with van der Waals surface area (Å²) in [4.78, 5) is 12.1. The molecule has 3 N–H and O–H groups in total. The molecule has 8 heteroatoms. The van der Waals surface area contributed by atoms with E-state index in [9.17, 15) is 9.18 Å². The summed E-state index contributed by atoms with van der Waals surface area (Å²) in [5.41, 5.74) is 7.51. The average molecular weight is 415 g/mol. The Morgan fingerprint density at radius 1 is 1.31 bits per heavy atom. The van der Waals surface area contributed by atoms with Crippen LogP contribution in [0.2, 0.25) is 0 Å². The van der Waals surface area contributed by atoms with Crippen LogP contribution >= 0.6 is 12.2 Å². The molecule has 1 atom stereocenters. The van der Waals surface area contributed by atoms with Crippen LogP contribution < -0.4 is 25.6 Å². The van der Waals surface area contributed by atoms with Gasteiger partial charge >= 0.3 is 0 Å². The average Bonchev–Trinajstić information content (AvgIpc) is 3.05. The van der Waals surface area contributed by atoms with E-state index in [-0.39, 0.29) is 17.0 Å². The lowest BCUT2D eigenvalue weighted by Gasteiger charge is -2.11. The number of hydrazine groups is 1. The Bertz CT molecular complexity index is 932. The smallest absolute Gasteiger partial charge is 0.262 e. The van der Waals surface area contributed by atoms with Gasteiger partial charge in [-0.2, -0.15) is 0 Å². The Morgan fingerprint density at radius 3 is 2.79 bits per heavy atom. The highest BCUT2D eigenvalue weighted by Crippen LogP contribution is 2.35. The summed E-state index contributed by atoms with van der Waals surface area (Å²) in [6, 6.07) is 9.53. The van der Waals surface area contributed by atoms with Gasteiger partial charge in [0.1, 0.15) is 23.4 Å². The monoisotopic (exact) mass is 415 g/mol. The third-order valence-electron chi connectivity index (χ3n) is 4.14. The van der Waals surface area contributed by atoms with Crippen molar-refractivity contribution in [3.63, 3.8) is 0 Å². The van der Waals surface area contributed by atoms with Gasteiger partial charge in [-0.3, -0.25) is 15.6 Å². The number of rotatable bonds is 5.